The Labute approximate surface area is 194 Å². The first-order valence-electron chi connectivity index (χ1n) is 10.7. The molecule has 1 aliphatic rings. The lowest BCUT2D eigenvalue weighted by Crippen LogP contribution is -2.25. The van der Waals surface area contributed by atoms with Gasteiger partial charge in [0.15, 0.2) is 0 Å². The Kier molecular flexibility index (Phi) is 8.99. The van der Waals surface area contributed by atoms with Gasteiger partial charge in [-0.3, -0.25) is 9.89 Å². The highest BCUT2D eigenvalue weighted by Gasteiger charge is 2.34. The van der Waals surface area contributed by atoms with E-state index in [1.807, 2.05) is 37.7 Å². The molecular weight excluding hydrogens is 454 g/mol. The molecule has 0 aliphatic carbocycles. The minimum Gasteiger partial charge on any atom is -0.367 e. The number of nitrogens with one attached hydrogen (secondary N) is 1. The second kappa shape index (κ2) is 11.3. The minimum absolute atomic E-state index is 0.290. The number of halogens is 4. The third-order valence-corrected chi connectivity index (χ3v) is 5.90. The highest BCUT2D eigenvalue weighted by Crippen LogP contribution is 2.42. The molecule has 1 N–H and O–H groups in total. The fourth-order valence-corrected chi connectivity index (χ4v) is 4.54. The normalized spacial score (nSPS) is 12.3. The first-order valence-corrected chi connectivity index (χ1v) is 11.6. The number of H-pyrrole nitrogens is 1. The van der Waals surface area contributed by atoms with E-state index in [-0.39, 0.29) is 11.5 Å². The number of thiophene rings is 1. The van der Waals surface area contributed by atoms with Crippen molar-refractivity contribution < 1.29 is 22.4 Å². The molecule has 0 atom stereocenters. The highest BCUT2D eigenvalue weighted by molar-refractivity contribution is 7.17. The Morgan fingerprint density at radius 1 is 1.21 bits per heavy atom. The van der Waals surface area contributed by atoms with Crippen LogP contribution in [-0.4, -0.2) is 29.1 Å². The van der Waals surface area contributed by atoms with Gasteiger partial charge in [0.1, 0.15) is 17.2 Å². The molecule has 0 unspecified atom stereocenters. The lowest BCUT2D eigenvalue weighted by molar-refractivity contribution is -0.141. The fraction of sp³-hybridized carbons (Fsp3) is 0.333. The minimum atomic E-state index is -4.60. The molecule has 4 rings (SSSR count). The quantitative estimate of drug-likeness (QED) is 0.245. The summed E-state index contributed by atoms with van der Waals surface area (Å²) in [6.07, 6.45) is -2.26. The smallest absolute Gasteiger partial charge is 0.367 e. The average Bonchev–Trinajstić information content (AvgIpc) is 3.44. The third kappa shape index (κ3) is 5.71. The number of anilines is 1. The average molecular weight is 482 g/mol. The standard InChI is InChI=1S/C20H15F4N3OS.2C2H6/c1-2-6-27-7-5-11-8-16(18(28)14-10-17(26-25-14)20(22,23)24)29-19(11)13-4-3-12(21)9-15(13)27;2*1-2/h2-4,8-10H,1,5-7H2,(H,25,26);2*1-2H3. The van der Waals surface area contributed by atoms with Gasteiger partial charge in [-0.25, -0.2) is 4.39 Å². The van der Waals surface area contributed by atoms with E-state index < -0.39 is 17.7 Å². The van der Waals surface area contributed by atoms with Crippen molar-refractivity contribution >= 4 is 22.8 Å². The monoisotopic (exact) mass is 481 g/mol. The van der Waals surface area contributed by atoms with Crippen LogP contribution in [0.1, 0.15) is 54.3 Å². The highest BCUT2D eigenvalue weighted by atomic mass is 32.1. The number of carbonyl (C=O) groups is 1. The van der Waals surface area contributed by atoms with Gasteiger partial charge in [0.25, 0.3) is 0 Å². The SMILES string of the molecule is C=CCN1CCc2cc(C(=O)c3cc(C(F)(F)F)[nH]n3)sc2-c2ccc(F)cc21.CC.CC. The molecule has 1 aromatic carbocycles. The van der Waals surface area contributed by atoms with Crippen LogP contribution in [0.15, 0.2) is 43.0 Å². The van der Waals surface area contributed by atoms with Crippen LogP contribution in [0.5, 0.6) is 0 Å². The maximum Gasteiger partial charge on any atom is 0.432 e. The van der Waals surface area contributed by atoms with Gasteiger partial charge < -0.3 is 4.90 Å². The summed E-state index contributed by atoms with van der Waals surface area (Å²) in [5, 5.41) is 5.38. The molecule has 0 saturated carbocycles. The maximum atomic E-state index is 13.9. The van der Waals surface area contributed by atoms with Crippen molar-refractivity contribution in [3.8, 4) is 10.4 Å². The summed E-state index contributed by atoms with van der Waals surface area (Å²) in [5.74, 6) is -0.952. The van der Waals surface area contributed by atoms with E-state index in [4.69, 9.17) is 0 Å². The summed E-state index contributed by atoms with van der Waals surface area (Å²) in [6, 6.07) is 6.85. The number of fused-ring (bicyclic) bond motifs is 3. The van der Waals surface area contributed by atoms with E-state index in [2.05, 4.69) is 11.7 Å². The van der Waals surface area contributed by atoms with Gasteiger partial charge >= 0.3 is 6.18 Å². The Hall–Kier alpha value is -2.94. The molecule has 1 aliphatic heterocycles. The van der Waals surface area contributed by atoms with E-state index in [1.165, 1.54) is 23.5 Å². The third-order valence-electron chi connectivity index (χ3n) is 4.69. The molecule has 0 spiro atoms. The van der Waals surface area contributed by atoms with Crippen LogP contribution < -0.4 is 4.90 Å². The van der Waals surface area contributed by atoms with Gasteiger partial charge in [-0.2, -0.15) is 18.3 Å². The lowest BCUT2D eigenvalue weighted by atomic mass is 10.1. The van der Waals surface area contributed by atoms with E-state index in [0.717, 1.165) is 16.0 Å². The van der Waals surface area contributed by atoms with Crippen molar-refractivity contribution in [2.45, 2.75) is 40.3 Å². The molecule has 0 radical (unpaired) electrons. The molecule has 178 valence electrons. The Bertz CT molecular complexity index is 1100. The number of nitrogens with zero attached hydrogens (tertiary/aromatic N) is 2. The summed E-state index contributed by atoms with van der Waals surface area (Å²) in [5.41, 5.74) is 1.01. The van der Waals surface area contributed by atoms with Crippen LogP contribution in [0.25, 0.3) is 10.4 Å². The number of ketones is 1. The van der Waals surface area contributed by atoms with Gasteiger partial charge in [0, 0.05) is 29.2 Å². The van der Waals surface area contributed by atoms with Crippen molar-refractivity contribution in [3.05, 3.63) is 70.6 Å². The second-order valence-corrected chi connectivity index (χ2v) is 7.66. The maximum absolute atomic E-state index is 13.9. The Morgan fingerprint density at radius 2 is 1.91 bits per heavy atom. The lowest BCUT2D eigenvalue weighted by Gasteiger charge is -2.23. The van der Waals surface area contributed by atoms with Crippen molar-refractivity contribution in [2.24, 2.45) is 0 Å². The van der Waals surface area contributed by atoms with Gasteiger partial charge in [-0.1, -0.05) is 33.8 Å². The van der Waals surface area contributed by atoms with Crippen LogP contribution in [0.3, 0.4) is 0 Å². The van der Waals surface area contributed by atoms with E-state index >= 15 is 0 Å². The second-order valence-electron chi connectivity index (χ2n) is 6.60. The number of benzene rings is 1. The number of carbonyl (C=O) groups excluding carboxylic acids is 1. The zero-order valence-electron chi connectivity index (χ0n) is 19.0. The predicted octanol–water partition coefficient (Wildman–Crippen LogP) is 7.13. The number of alkyl halides is 3. The van der Waals surface area contributed by atoms with Gasteiger partial charge in [0.2, 0.25) is 5.78 Å². The number of hydrogen-bond acceptors (Lipinski definition) is 4. The molecule has 0 fully saturated rings. The Morgan fingerprint density at radius 3 is 2.52 bits per heavy atom. The zero-order chi connectivity index (χ0) is 24.8. The molecule has 3 aromatic rings. The molecule has 33 heavy (non-hydrogen) atoms. The number of aromatic amines is 1. The van der Waals surface area contributed by atoms with Crippen molar-refractivity contribution in [2.75, 3.05) is 18.0 Å². The molecular formula is C24H27F4N3OS. The number of hydrogen-bond donors (Lipinski definition) is 1. The first kappa shape index (κ1) is 26.3. The van der Waals surface area contributed by atoms with Crippen LogP contribution in [0.2, 0.25) is 0 Å². The Balaban J connectivity index is 0.000000914. The summed E-state index contributed by atoms with van der Waals surface area (Å²) in [7, 11) is 0. The van der Waals surface area contributed by atoms with Crippen molar-refractivity contribution in [1.82, 2.24) is 10.2 Å². The molecule has 0 saturated heterocycles. The van der Waals surface area contributed by atoms with E-state index in [0.29, 0.717) is 36.1 Å². The summed E-state index contributed by atoms with van der Waals surface area (Å²) >= 11 is 1.18. The molecule has 3 heterocycles. The van der Waals surface area contributed by atoms with E-state index in [1.54, 1.807) is 18.2 Å². The van der Waals surface area contributed by atoms with Gasteiger partial charge in [-0.05, 0) is 42.3 Å². The molecule has 0 amide bonds. The number of rotatable bonds is 4. The van der Waals surface area contributed by atoms with Crippen LogP contribution >= 0.6 is 11.3 Å². The molecule has 2 aromatic heterocycles. The predicted molar refractivity (Wildman–Crippen MR) is 126 cm³/mol. The molecule has 0 bridgehead atoms. The van der Waals surface area contributed by atoms with Crippen molar-refractivity contribution in [1.29, 1.82) is 0 Å². The van der Waals surface area contributed by atoms with Crippen LogP contribution in [-0.2, 0) is 12.6 Å². The number of aromatic nitrogens is 2. The van der Waals surface area contributed by atoms with Gasteiger partial charge in [-0.15, -0.1) is 17.9 Å². The fourth-order valence-electron chi connectivity index (χ4n) is 3.34. The molecule has 4 nitrogen and oxygen atoms in total. The topological polar surface area (TPSA) is 49.0 Å². The van der Waals surface area contributed by atoms with Gasteiger partial charge in [0.05, 0.1) is 4.88 Å². The van der Waals surface area contributed by atoms with E-state index in [9.17, 15) is 22.4 Å². The summed E-state index contributed by atoms with van der Waals surface area (Å²) < 4.78 is 52.2. The zero-order valence-corrected chi connectivity index (χ0v) is 19.8. The van der Waals surface area contributed by atoms with Crippen LogP contribution in [0.4, 0.5) is 23.2 Å². The largest absolute Gasteiger partial charge is 0.432 e. The summed E-state index contributed by atoms with van der Waals surface area (Å²) in [6.45, 7) is 12.9. The first-order chi connectivity index (χ1) is 15.8. The summed E-state index contributed by atoms with van der Waals surface area (Å²) in [4.78, 5) is 15.8. The van der Waals surface area contributed by atoms with Crippen molar-refractivity contribution in [3.63, 3.8) is 0 Å². The molecule has 9 heteroatoms. The van der Waals surface area contributed by atoms with Crippen LogP contribution in [0, 0.1) is 5.82 Å².